The highest BCUT2D eigenvalue weighted by Crippen LogP contribution is 2.19. The maximum absolute atomic E-state index is 13.1. The highest BCUT2D eigenvalue weighted by Gasteiger charge is 2.28. The molecule has 2 aromatic carbocycles. The number of hydrogen-bond donors (Lipinski definition) is 1. The number of nitrogens with one attached hydrogen (secondary N) is 1. The first-order valence-corrected chi connectivity index (χ1v) is 10.3. The fraction of sp³-hybridized carbons (Fsp3) is 0.417. The molecule has 0 saturated heterocycles. The summed E-state index contributed by atoms with van der Waals surface area (Å²) in [5.74, 6) is 0.635. The number of carbonyl (C=O) groups excluding carboxylic acids is 2. The van der Waals surface area contributed by atoms with Gasteiger partial charge in [-0.2, -0.15) is 0 Å². The van der Waals surface area contributed by atoms with Crippen molar-refractivity contribution in [1.82, 2.24) is 10.2 Å². The number of hydrogen-bond acceptors (Lipinski definition) is 3. The van der Waals surface area contributed by atoms with Gasteiger partial charge in [-0.3, -0.25) is 9.59 Å². The van der Waals surface area contributed by atoms with Gasteiger partial charge in [0, 0.05) is 12.6 Å². The van der Waals surface area contributed by atoms with Crippen molar-refractivity contribution >= 4 is 11.8 Å². The maximum Gasteiger partial charge on any atom is 0.242 e. The van der Waals surface area contributed by atoms with Crippen LogP contribution in [-0.2, 0) is 22.6 Å². The summed E-state index contributed by atoms with van der Waals surface area (Å²) < 4.78 is 5.22. The molecule has 3 rings (SSSR count). The zero-order valence-corrected chi connectivity index (χ0v) is 17.3. The lowest BCUT2D eigenvalue weighted by Gasteiger charge is -2.30. The van der Waals surface area contributed by atoms with E-state index in [1.54, 1.807) is 12.0 Å². The number of nitrogens with zero attached hydrogens (tertiary/aromatic N) is 1. The molecule has 154 valence electrons. The second kappa shape index (κ2) is 10.1. The van der Waals surface area contributed by atoms with E-state index in [0.717, 1.165) is 42.6 Å². The SMILES string of the molecule is COc1ccc(CN(C(=O)Cc2ccccc2)C(C)C(=O)NC2CCCC2)cc1. The second-order valence-corrected chi connectivity index (χ2v) is 7.70. The van der Waals surface area contributed by atoms with Crippen LogP contribution >= 0.6 is 0 Å². The van der Waals surface area contributed by atoms with E-state index in [4.69, 9.17) is 4.74 Å². The van der Waals surface area contributed by atoms with Crippen molar-refractivity contribution in [3.05, 3.63) is 65.7 Å². The minimum Gasteiger partial charge on any atom is -0.497 e. The quantitative estimate of drug-likeness (QED) is 0.742. The summed E-state index contributed by atoms with van der Waals surface area (Å²) in [5.41, 5.74) is 1.91. The number of rotatable bonds is 8. The van der Waals surface area contributed by atoms with Gasteiger partial charge in [0.15, 0.2) is 0 Å². The Hall–Kier alpha value is -2.82. The van der Waals surface area contributed by atoms with Crippen LogP contribution in [0.2, 0.25) is 0 Å². The molecule has 5 nitrogen and oxygen atoms in total. The van der Waals surface area contributed by atoms with Gasteiger partial charge in [-0.25, -0.2) is 0 Å². The predicted octanol–water partition coefficient (Wildman–Crippen LogP) is 3.71. The van der Waals surface area contributed by atoms with Gasteiger partial charge in [-0.05, 0) is 43.0 Å². The first-order chi connectivity index (χ1) is 14.1. The van der Waals surface area contributed by atoms with Gasteiger partial charge in [-0.1, -0.05) is 55.3 Å². The minimum absolute atomic E-state index is 0.0545. The fourth-order valence-electron chi connectivity index (χ4n) is 3.77. The van der Waals surface area contributed by atoms with E-state index < -0.39 is 6.04 Å². The third kappa shape index (κ3) is 5.83. The molecule has 2 aromatic rings. The number of benzene rings is 2. The molecule has 1 aliphatic carbocycles. The molecule has 29 heavy (non-hydrogen) atoms. The molecule has 0 radical (unpaired) electrons. The Balaban J connectivity index is 1.74. The van der Waals surface area contributed by atoms with Crippen LogP contribution in [-0.4, -0.2) is 35.9 Å². The molecule has 1 unspecified atom stereocenters. The van der Waals surface area contributed by atoms with E-state index in [1.165, 1.54) is 0 Å². The van der Waals surface area contributed by atoms with Crippen LogP contribution in [0.4, 0.5) is 0 Å². The van der Waals surface area contributed by atoms with Crippen molar-refractivity contribution in [1.29, 1.82) is 0 Å². The average Bonchev–Trinajstić information content (AvgIpc) is 3.25. The Morgan fingerprint density at radius 2 is 1.69 bits per heavy atom. The molecular weight excluding hydrogens is 364 g/mol. The van der Waals surface area contributed by atoms with Gasteiger partial charge in [0.1, 0.15) is 11.8 Å². The Morgan fingerprint density at radius 3 is 2.31 bits per heavy atom. The van der Waals surface area contributed by atoms with E-state index in [-0.39, 0.29) is 24.3 Å². The minimum atomic E-state index is -0.533. The van der Waals surface area contributed by atoms with Crippen LogP contribution in [0, 0.1) is 0 Å². The standard InChI is InChI=1S/C24H30N2O3/c1-18(24(28)25-21-10-6-7-11-21)26(17-20-12-14-22(29-2)15-13-20)23(27)16-19-8-4-3-5-9-19/h3-5,8-9,12-15,18,21H,6-7,10-11,16-17H2,1-2H3,(H,25,28). The summed E-state index contributed by atoms with van der Waals surface area (Å²) in [4.78, 5) is 27.7. The molecule has 1 saturated carbocycles. The first kappa shape index (κ1) is 20.9. The van der Waals surface area contributed by atoms with Crippen LogP contribution in [0.5, 0.6) is 5.75 Å². The number of amides is 2. The van der Waals surface area contributed by atoms with Gasteiger partial charge in [0.25, 0.3) is 0 Å². The van der Waals surface area contributed by atoms with Crippen molar-refractivity contribution in [2.24, 2.45) is 0 Å². The van der Waals surface area contributed by atoms with E-state index in [1.807, 2.05) is 61.5 Å². The monoisotopic (exact) mass is 394 g/mol. The first-order valence-electron chi connectivity index (χ1n) is 10.3. The van der Waals surface area contributed by atoms with Crippen LogP contribution in [0.1, 0.15) is 43.7 Å². The van der Waals surface area contributed by atoms with E-state index in [0.29, 0.717) is 6.54 Å². The molecule has 0 aromatic heterocycles. The molecule has 1 fully saturated rings. The van der Waals surface area contributed by atoms with E-state index in [9.17, 15) is 9.59 Å². The number of ether oxygens (including phenoxy) is 1. The van der Waals surface area contributed by atoms with Gasteiger partial charge in [0.2, 0.25) is 11.8 Å². The Kier molecular flexibility index (Phi) is 7.28. The lowest BCUT2D eigenvalue weighted by Crippen LogP contribution is -2.50. The van der Waals surface area contributed by atoms with Crippen molar-refractivity contribution in [3.63, 3.8) is 0 Å². The Morgan fingerprint density at radius 1 is 1.03 bits per heavy atom. The third-order valence-corrected chi connectivity index (χ3v) is 5.58. The second-order valence-electron chi connectivity index (χ2n) is 7.70. The van der Waals surface area contributed by atoms with Crippen LogP contribution in [0.3, 0.4) is 0 Å². The highest BCUT2D eigenvalue weighted by molar-refractivity contribution is 5.88. The van der Waals surface area contributed by atoms with Gasteiger partial charge >= 0.3 is 0 Å². The molecule has 1 atom stereocenters. The predicted molar refractivity (Wildman–Crippen MR) is 114 cm³/mol. The molecular formula is C24H30N2O3. The zero-order chi connectivity index (χ0) is 20.6. The summed E-state index contributed by atoms with van der Waals surface area (Å²) >= 11 is 0. The van der Waals surface area contributed by atoms with Crippen LogP contribution in [0.25, 0.3) is 0 Å². The fourth-order valence-corrected chi connectivity index (χ4v) is 3.77. The molecule has 1 N–H and O–H groups in total. The summed E-state index contributed by atoms with van der Waals surface area (Å²) in [7, 11) is 1.63. The molecule has 0 spiro atoms. The molecule has 0 aliphatic heterocycles. The lowest BCUT2D eigenvalue weighted by atomic mass is 10.1. The largest absolute Gasteiger partial charge is 0.497 e. The van der Waals surface area contributed by atoms with E-state index >= 15 is 0 Å². The number of carbonyl (C=O) groups is 2. The molecule has 1 aliphatic rings. The third-order valence-electron chi connectivity index (χ3n) is 5.58. The molecule has 2 amide bonds. The Bertz CT molecular complexity index is 799. The van der Waals surface area contributed by atoms with Crippen molar-refractivity contribution in [3.8, 4) is 5.75 Å². The summed E-state index contributed by atoms with van der Waals surface area (Å²) in [6, 6.07) is 17.0. The van der Waals surface area contributed by atoms with E-state index in [2.05, 4.69) is 5.32 Å². The summed E-state index contributed by atoms with van der Waals surface area (Å²) in [6.45, 7) is 2.20. The number of methoxy groups -OCH3 is 1. The lowest BCUT2D eigenvalue weighted by molar-refractivity contribution is -0.140. The van der Waals surface area contributed by atoms with Gasteiger partial charge < -0.3 is 15.0 Å². The van der Waals surface area contributed by atoms with Crippen molar-refractivity contribution in [2.45, 2.75) is 57.7 Å². The smallest absolute Gasteiger partial charge is 0.242 e. The van der Waals surface area contributed by atoms with Crippen LogP contribution < -0.4 is 10.1 Å². The molecule has 0 bridgehead atoms. The molecule has 5 heteroatoms. The zero-order valence-electron chi connectivity index (χ0n) is 17.3. The Labute approximate surface area is 173 Å². The van der Waals surface area contributed by atoms with Crippen molar-refractivity contribution < 1.29 is 14.3 Å². The summed E-state index contributed by atoms with van der Waals surface area (Å²) in [6.07, 6.45) is 4.63. The normalized spacial score (nSPS) is 15.0. The highest BCUT2D eigenvalue weighted by atomic mass is 16.5. The summed E-state index contributed by atoms with van der Waals surface area (Å²) in [5, 5.41) is 3.13. The average molecular weight is 395 g/mol. The van der Waals surface area contributed by atoms with Gasteiger partial charge in [0.05, 0.1) is 13.5 Å². The van der Waals surface area contributed by atoms with Crippen molar-refractivity contribution in [2.75, 3.05) is 7.11 Å². The maximum atomic E-state index is 13.1. The molecule has 0 heterocycles. The van der Waals surface area contributed by atoms with Gasteiger partial charge in [-0.15, -0.1) is 0 Å². The topological polar surface area (TPSA) is 58.6 Å². The van der Waals surface area contributed by atoms with Crippen LogP contribution in [0.15, 0.2) is 54.6 Å².